The Balaban J connectivity index is 1.76. The van der Waals surface area contributed by atoms with Gasteiger partial charge in [0.05, 0.1) is 10.6 Å². The lowest BCUT2D eigenvalue weighted by molar-refractivity contribution is -0.119. The molecule has 1 atom stereocenters. The van der Waals surface area contributed by atoms with Gasteiger partial charge in [0.2, 0.25) is 5.91 Å². The number of anilines is 1. The summed E-state index contributed by atoms with van der Waals surface area (Å²) in [6.45, 7) is 0.491. The average Bonchev–Trinajstić information content (AvgIpc) is 3.04. The van der Waals surface area contributed by atoms with Crippen LogP contribution in [-0.2, 0) is 4.79 Å². The Morgan fingerprint density at radius 2 is 1.96 bits per heavy atom. The molecule has 1 N–H and O–H groups in total. The first kappa shape index (κ1) is 16.5. The standard InChI is InChI=1S/C18H16ClFN2O2/c19-15-8-2-1-7-14(15)18(24)22-10-4-9-16(22)17(23)21-13-6-3-5-12(20)11-13/h1-3,5-8,11,16H,4,9-10H2,(H,21,23)/t16-/m1/s1. The Kier molecular flexibility index (Phi) is 4.81. The minimum absolute atomic E-state index is 0.266. The highest BCUT2D eigenvalue weighted by Crippen LogP contribution is 2.25. The van der Waals surface area contributed by atoms with Crippen molar-refractivity contribution < 1.29 is 14.0 Å². The van der Waals surface area contributed by atoms with E-state index in [1.807, 2.05) is 0 Å². The Bertz CT molecular complexity index is 781. The first-order valence-electron chi connectivity index (χ1n) is 7.68. The van der Waals surface area contributed by atoms with Crippen molar-refractivity contribution in [3.8, 4) is 0 Å². The zero-order valence-electron chi connectivity index (χ0n) is 12.8. The SMILES string of the molecule is O=C(Nc1cccc(F)c1)[C@H]1CCCN1C(=O)c1ccccc1Cl. The quantitative estimate of drug-likeness (QED) is 0.920. The third kappa shape index (κ3) is 3.41. The molecular formula is C18H16ClFN2O2. The van der Waals surface area contributed by atoms with Crippen molar-refractivity contribution in [3.63, 3.8) is 0 Å². The van der Waals surface area contributed by atoms with Crippen molar-refractivity contribution in [2.24, 2.45) is 0 Å². The number of halogens is 2. The molecule has 1 aliphatic heterocycles. The summed E-state index contributed by atoms with van der Waals surface area (Å²) in [4.78, 5) is 26.7. The van der Waals surface area contributed by atoms with Crippen LogP contribution in [0.25, 0.3) is 0 Å². The van der Waals surface area contributed by atoms with Gasteiger partial charge in [0, 0.05) is 12.2 Å². The van der Waals surface area contributed by atoms with Gasteiger partial charge in [-0.25, -0.2) is 4.39 Å². The van der Waals surface area contributed by atoms with Crippen molar-refractivity contribution in [1.29, 1.82) is 0 Å². The minimum Gasteiger partial charge on any atom is -0.327 e. The number of nitrogens with zero attached hydrogens (tertiary/aromatic N) is 1. The normalized spacial score (nSPS) is 16.9. The summed E-state index contributed by atoms with van der Waals surface area (Å²) in [6, 6.07) is 11.9. The summed E-state index contributed by atoms with van der Waals surface area (Å²) in [6.07, 6.45) is 1.30. The summed E-state index contributed by atoms with van der Waals surface area (Å²) < 4.78 is 13.2. The van der Waals surface area contributed by atoms with Crippen LogP contribution in [0, 0.1) is 5.82 Å². The second-order valence-corrected chi connectivity index (χ2v) is 6.04. The summed E-state index contributed by atoms with van der Waals surface area (Å²) in [5.74, 6) is -1.01. The van der Waals surface area contributed by atoms with Crippen LogP contribution in [0.15, 0.2) is 48.5 Å². The second-order valence-electron chi connectivity index (χ2n) is 5.64. The number of amides is 2. The van der Waals surface area contributed by atoms with Crippen LogP contribution in [0.4, 0.5) is 10.1 Å². The maximum absolute atomic E-state index is 13.2. The third-order valence-corrected chi connectivity index (χ3v) is 4.34. The van der Waals surface area contributed by atoms with Crippen LogP contribution in [0.1, 0.15) is 23.2 Å². The molecule has 1 fully saturated rings. The molecule has 6 heteroatoms. The fourth-order valence-electron chi connectivity index (χ4n) is 2.86. The third-order valence-electron chi connectivity index (χ3n) is 4.01. The van der Waals surface area contributed by atoms with E-state index in [1.165, 1.54) is 23.1 Å². The summed E-state index contributed by atoms with van der Waals surface area (Å²) in [5.41, 5.74) is 0.752. The van der Waals surface area contributed by atoms with Gasteiger partial charge in [-0.05, 0) is 43.2 Å². The van der Waals surface area contributed by atoms with Gasteiger partial charge in [0.1, 0.15) is 11.9 Å². The van der Waals surface area contributed by atoms with Crippen LogP contribution in [0.2, 0.25) is 5.02 Å². The number of likely N-dealkylation sites (tertiary alicyclic amines) is 1. The molecule has 1 saturated heterocycles. The van der Waals surface area contributed by atoms with Crippen LogP contribution in [0.3, 0.4) is 0 Å². The predicted octanol–water partition coefficient (Wildman–Crippen LogP) is 3.72. The van der Waals surface area contributed by atoms with Gasteiger partial charge in [-0.3, -0.25) is 9.59 Å². The molecule has 0 aliphatic carbocycles. The largest absolute Gasteiger partial charge is 0.327 e. The Labute approximate surface area is 144 Å². The number of hydrogen-bond acceptors (Lipinski definition) is 2. The number of nitrogens with one attached hydrogen (secondary N) is 1. The molecule has 4 nitrogen and oxygen atoms in total. The first-order valence-corrected chi connectivity index (χ1v) is 8.06. The minimum atomic E-state index is -0.586. The molecule has 0 spiro atoms. The molecule has 3 rings (SSSR count). The maximum Gasteiger partial charge on any atom is 0.256 e. The highest BCUT2D eigenvalue weighted by molar-refractivity contribution is 6.33. The Hall–Kier alpha value is -2.40. The van der Waals surface area contributed by atoms with E-state index in [0.29, 0.717) is 29.2 Å². The smallest absolute Gasteiger partial charge is 0.256 e. The summed E-state index contributed by atoms with van der Waals surface area (Å²) in [5, 5.41) is 3.03. The molecule has 1 heterocycles. The van der Waals surface area contributed by atoms with Crippen molar-refractivity contribution in [2.75, 3.05) is 11.9 Å². The molecule has 2 aromatic rings. The molecule has 0 radical (unpaired) electrons. The lowest BCUT2D eigenvalue weighted by atomic mass is 10.1. The van der Waals surface area contributed by atoms with Gasteiger partial charge in [0.25, 0.3) is 5.91 Å². The predicted molar refractivity (Wildman–Crippen MR) is 90.5 cm³/mol. The number of carbonyl (C=O) groups is 2. The Morgan fingerprint density at radius 1 is 1.17 bits per heavy atom. The van der Waals surface area contributed by atoms with Gasteiger partial charge in [0.15, 0.2) is 0 Å². The fraction of sp³-hybridized carbons (Fsp3) is 0.222. The van der Waals surface area contributed by atoms with E-state index in [1.54, 1.807) is 30.3 Å². The highest BCUT2D eigenvalue weighted by atomic mass is 35.5. The van der Waals surface area contributed by atoms with Gasteiger partial charge in [-0.1, -0.05) is 29.8 Å². The molecule has 1 aliphatic rings. The summed E-state index contributed by atoms with van der Waals surface area (Å²) in [7, 11) is 0. The molecule has 2 aromatic carbocycles. The number of rotatable bonds is 3. The van der Waals surface area contributed by atoms with Crippen molar-refractivity contribution in [2.45, 2.75) is 18.9 Å². The van der Waals surface area contributed by atoms with Gasteiger partial charge in [-0.2, -0.15) is 0 Å². The van der Waals surface area contributed by atoms with Gasteiger partial charge < -0.3 is 10.2 Å². The van der Waals surface area contributed by atoms with Crippen LogP contribution >= 0.6 is 11.6 Å². The zero-order chi connectivity index (χ0) is 17.1. The number of hydrogen-bond donors (Lipinski definition) is 1. The van der Waals surface area contributed by atoms with Crippen LogP contribution in [-0.4, -0.2) is 29.3 Å². The Morgan fingerprint density at radius 3 is 2.71 bits per heavy atom. The molecular weight excluding hydrogens is 331 g/mol. The van der Waals surface area contributed by atoms with E-state index in [0.717, 1.165) is 6.42 Å². The van der Waals surface area contributed by atoms with E-state index in [-0.39, 0.29) is 11.8 Å². The van der Waals surface area contributed by atoms with E-state index < -0.39 is 11.9 Å². The zero-order valence-corrected chi connectivity index (χ0v) is 13.6. The molecule has 0 saturated carbocycles. The van der Waals surface area contributed by atoms with E-state index in [4.69, 9.17) is 11.6 Å². The monoisotopic (exact) mass is 346 g/mol. The average molecular weight is 347 g/mol. The van der Waals surface area contributed by atoms with Gasteiger partial charge in [-0.15, -0.1) is 0 Å². The molecule has 0 unspecified atom stereocenters. The second kappa shape index (κ2) is 7.01. The number of benzene rings is 2. The summed E-state index contributed by atoms with van der Waals surface area (Å²) >= 11 is 6.08. The molecule has 24 heavy (non-hydrogen) atoms. The van der Waals surface area contributed by atoms with Crippen molar-refractivity contribution >= 4 is 29.1 Å². The van der Waals surface area contributed by atoms with E-state index in [9.17, 15) is 14.0 Å². The molecule has 0 aromatic heterocycles. The fourth-order valence-corrected chi connectivity index (χ4v) is 3.08. The lowest BCUT2D eigenvalue weighted by Gasteiger charge is -2.24. The molecule has 2 amide bonds. The topological polar surface area (TPSA) is 49.4 Å². The van der Waals surface area contributed by atoms with Crippen molar-refractivity contribution in [1.82, 2.24) is 4.90 Å². The van der Waals surface area contributed by atoms with E-state index in [2.05, 4.69) is 5.32 Å². The molecule has 0 bridgehead atoms. The van der Waals surface area contributed by atoms with Gasteiger partial charge >= 0.3 is 0 Å². The van der Waals surface area contributed by atoms with Crippen LogP contribution in [0.5, 0.6) is 0 Å². The van der Waals surface area contributed by atoms with Crippen LogP contribution < -0.4 is 5.32 Å². The maximum atomic E-state index is 13.2. The lowest BCUT2D eigenvalue weighted by Crippen LogP contribution is -2.43. The van der Waals surface area contributed by atoms with Crippen molar-refractivity contribution in [3.05, 3.63) is 64.9 Å². The number of carbonyl (C=O) groups excluding carboxylic acids is 2. The van der Waals surface area contributed by atoms with E-state index >= 15 is 0 Å². The highest BCUT2D eigenvalue weighted by Gasteiger charge is 2.35. The molecule has 124 valence electrons. The first-order chi connectivity index (χ1) is 11.6.